The van der Waals surface area contributed by atoms with E-state index in [0.717, 1.165) is 45.1 Å². The van der Waals surface area contributed by atoms with Crippen LogP contribution in [0.3, 0.4) is 0 Å². The summed E-state index contributed by atoms with van der Waals surface area (Å²) in [5.41, 5.74) is -0.411. The van der Waals surface area contributed by atoms with Crippen molar-refractivity contribution in [2.75, 3.05) is 13.1 Å². The highest BCUT2D eigenvalue weighted by Gasteiger charge is 2.51. The van der Waals surface area contributed by atoms with Crippen molar-refractivity contribution < 1.29 is 9.90 Å². The molecule has 5 atom stereocenters. The summed E-state index contributed by atoms with van der Waals surface area (Å²) in [6, 6.07) is 2.42. The number of carbonyl (C=O) groups is 1. The molecule has 2 unspecified atom stereocenters. The van der Waals surface area contributed by atoms with Gasteiger partial charge in [0.25, 0.3) is 0 Å². The van der Waals surface area contributed by atoms with Gasteiger partial charge in [-0.15, -0.1) is 0 Å². The summed E-state index contributed by atoms with van der Waals surface area (Å²) in [5.74, 6) is 1.83. The smallest absolute Gasteiger partial charge is 0.237 e. The Bertz CT molecular complexity index is 552. The van der Waals surface area contributed by atoms with E-state index < -0.39 is 5.60 Å². The van der Waals surface area contributed by atoms with Crippen LogP contribution in [0.4, 0.5) is 0 Å². The summed E-state index contributed by atoms with van der Waals surface area (Å²) in [4.78, 5) is 14.1. The van der Waals surface area contributed by atoms with Gasteiger partial charge in [-0.25, -0.2) is 0 Å². The monoisotopic (exact) mass is 359 g/mol. The van der Waals surface area contributed by atoms with Crippen molar-refractivity contribution in [3.63, 3.8) is 0 Å². The molecular weight excluding hydrogens is 326 g/mol. The lowest BCUT2D eigenvalue weighted by molar-refractivity contribution is -0.130. The minimum atomic E-state index is -0.411. The Morgan fingerprint density at radius 2 is 1.81 bits per heavy atom. The maximum Gasteiger partial charge on any atom is 0.237 e. The topological polar surface area (TPSA) is 76.4 Å². The molecule has 3 aliphatic carbocycles. The number of fused-ring (bicyclic) bond motifs is 1. The number of aliphatic hydroxyl groups is 1. The normalized spacial score (nSPS) is 40.5. The zero-order valence-corrected chi connectivity index (χ0v) is 15.8. The minimum Gasteiger partial charge on any atom is -0.390 e. The lowest BCUT2D eigenvalue weighted by Crippen LogP contribution is -2.43. The molecule has 0 radical (unpaired) electrons. The molecule has 0 aromatic heterocycles. The van der Waals surface area contributed by atoms with Gasteiger partial charge < -0.3 is 15.3 Å². The first kappa shape index (κ1) is 18.3. The molecular formula is C21H33N3O2. The van der Waals surface area contributed by atoms with Gasteiger partial charge in [0.2, 0.25) is 5.91 Å². The average molecular weight is 360 g/mol. The summed E-state index contributed by atoms with van der Waals surface area (Å²) in [5, 5.41) is 23.8. The maximum atomic E-state index is 12.4. The van der Waals surface area contributed by atoms with Crippen molar-refractivity contribution in [1.82, 2.24) is 10.2 Å². The van der Waals surface area contributed by atoms with Gasteiger partial charge in [0, 0.05) is 12.6 Å². The number of amides is 1. The molecule has 4 rings (SSSR count). The molecule has 4 aliphatic rings. The molecule has 144 valence electrons. The summed E-state index contributed by atoms with van der Waals surface area (Å²) in [6.07, 6.45) is 12.2. The lowest BCUT2D eigenvalue weighted by Gasteiger charge is -2.36. The Morgan fingerprint density at radius 3 is 2.46 bits per heavy atom. The molecule has 5 nitrogen and oxygen atoms in total. The number of hydrogen-bond acceptors (Lipinski definition) is 4. The van der Waals surface area contributed by atoms with Gasteiger partial charge in [0.05, 0.1) is 18.2 Å². The SMILES string of the molecule is N#C[C@@H]1CCCN1C(=O)CNC1C[C@@H]2CC(O)(C3CCCCC3)C[C@@H]2C1. The molecule has 0 aromatic rings. The Hall–Kier alpha value is -1.12. The predicted molar refractivity (Wildman–Crippen MR) is 99.1 cm³/mol. The fourth-order valence-corrected chi connectivity index (χ4v) is 6.38. The number of nitrogens with one attached hydrogen (secondary N) is 1. The predicted octanol–water partition coefficient (Wildman–Crippen LogP) is 2.59. The van der Waals surface area contributed by atoms with Crippen molar-refractivity contribution in [3.05, 3.63) is 0 Å². The third-order valence-electron chi connectivity index (χ3n) is 7.70. The molecule has 0 bridgehead atoms. The third-order valence-corrected chi connectivity index (χ3v) is 7.70. The number of likely N-dealkylation sites (tertiary alicyclic amines) is 1. The molecule has 1 heterocycles. The Balaban J connectivity index is 1.25. The Morgan fingerprint density at radius 1 is 1.12 bits per heavy atom. The lowest BCUT2D eigenvalue weighted by atomic mass is 9.75. The van der Waals surface area contributed by atoms with E-state index in [0.29, 0.717) is 30.3 Å². The second-order valence-corrected chi connectivity index (χ2v) is 9.29. The fourth-order valence-electron chi connectivity index (χ4n) is 6.38. The molecule has 1 amide bonds. The van der Waals surface area contributed by atoms with E-state index in [1.54, 1.807) is 4.90 Å². The summed E-state index contributed by atoms with van der Waals surface area (Å²) >= 11 is 0. The van der Waals surface area contributed by atoms with Crippen LogP contribution in [0.1, 0.15) is 70.6 Å². The van der Waals surface area contributed by atoms with Crippen LogP contribution in [0.5, 0.6) is 0 Å². The molecule has 0 aromatic carbocycles. The van der Waals surface area contributed by atoms with Crippen molar-refractivity contribution in [2.45, 2.75) is 88.3 Å². The second-order valence-electron chi connectivity index (χ2n) is 9.29. The van der Waals surface area contributed by atoms with E-state index in [9.17, 15) is 9.90 Å². The number of hydrogen-bond donors (Lipinski definition) is 2. The second kappa shape index (κ2) is 7.48. The number of rotatable bonds is 4. The van der Waals surface area contributed by atoms with Crippen LogP contribution in [-0.4, -0.2) is 46.7 Å². The van der Waals surface area contributed by atoms with Crippen molar-refractivity contribution in [1.29, 1.82) is 5.26 Å². The Kier molecular flexibility index (Phi) is 5.25. The average Bonchev–Trinajstić information content (AvgIpc) is 3.33. The van der Waals surface area contributed by atoms with Crippen LogP contribution in [0.25, 0.3) is 0 Å². The number of nitrogens with zero attached hydrogens (tertiary/aromatic N) is 2. The van der Waals surface area contributed by atoms with Gasteiger partial charge in [0.15, 0.2) is 0 Å². The van der Waals surface area contributed by atoms with E-state index in [1.165, 1.54) is 32.1 Å². The third kappa shape index (κ3) is 3.51. The van der Waals surface area contributed by atoms with E-state index in [-0.39, 0.29) is 11.9 Å². The summed E-state index contributed by atoms with van der Waals surface area (Å²) in [6.45, 7) is 1.08. The van der Waals surface area contributed by atoms with Crippen molar-refractivity contribution in [2.24, 2.45) is 17.8 Å². The van der Waals surface area contributed by atoms with Crippen molar-refractivity contribution >= 4 is 5.91 Å². The number of carbonyl (C=O) groups excluding carboxylic acids is 1. The highest BCUT2D eigenvalue weighted by atomic mass is 16.3. The van der Waals surface area contributed by atoms with Gasteiger partial charge in [0.1, 0.15) is 6.04 Å². The number of nitriles is 1. The van der Waals surface area contributed by atoms with E-state index >= 15 is 0 Å². The van der Waals surface area contributed by atoms with Crippen molar-refractivity contribution in [3.8, 4) is 6.07 Å². The van der Waals surface area contributed by atoms with Gasteiger partial charge in [-0.3, -0.25) is 4.79 Å². The first-order chi connectivity index (χ1) is 12.6. The highest BCUT2D eigenvalue weighted by Crippen LogP contribution is 2.53. The van der Waals surface area contributed by atoms with E-state index in [2.05, 4.69) is 11.4 Å². The molecule has 2 N–H and O–H groups in total. The minimum absolute atomic E-state index is 0.0739. The van der Waals surface area contributed by atoms with Crippen LogP contribution in [0.15, 0.2) is 0 Å². The quantitative estimate of drug-likeness (QED) is 0.809. The van der Waals surface area contributed by atoms with Crippen LogP contribution in [0.2, 0.25) is 0 Å². The van der Waals surface area contributed by atoms with Gasteiger partial charge in [-0.2, -0.15) is 5.26 Å². The summed E-state index contributed by atoms with van der Waals surface area (Å²) < 4.78 is 0. The van der Waals surface area contributed by atoms with Gasteiger partial charge in [-0.05, 0) is 69.1 Å². The first-order valence-corrected chi connectivity index (χ1v) is 10.7. The van der Waals surface area contributed by atoms with Crippen LogP contribution in [-0.2, 0) is 4.79 Å². The summed E-state index contributed by atoms with van der Waals surface area (Å²) in [7, 11) is 0. The molecule has 1 aliphatic heterocycles. The molecule has 0 spiro atoms. The van der Waals surface area contributed by atoms with E-state index in [1.807, 2.05) is 0 Å². The molecule has 5 heteroatoms. The standard InChI is InChI=1S/C21H33N3O2/c22-13-19-7-4-8-24(19)20(25)14-23-18-9-15-11-21(26,12-16(15)10-18)17-5-2-1-3-6-17/h15-19,23,26H,1-12,14H2/t15-,16+,18?,19-,21?/m0/s1. The molecule has 3 saturated carbocycles. The maximum absolute atomic E-state index is 12.4. The largest absolute Gasteiger partial charge is 0.390 e. The van der Waals surface area contributed by atoms with Crippen LogP contribution >= 0.6 is 0 Å². The zero-order valence-electron chi connectivity index (χ0n) is 15.8. The first-order valence-electron chi connectivity index (χ1n) is 10.7. The van der Waals surface area contributed by atoms with Crippen LogP contribution in [0, 0.1) is 29.1 Å². The molecule has 26 heavy (non-hydrogen) atoms. The zero-order chi connectivity index (χ0) is 18.1. The fraction of sp³-hybridized carbons (Fsp3) is 0.905. The molecule has 1 saturated heterocycles. The van der Waals surface area contributed by atoms with E-state index in [4.69, 9.17) is 5.26 Å². The Labute approximate surface area is 157 Å². The highest BCUT2D eigenvalue weighted by molar-refractivity contribution is 5.79. The van der Waals surface area contributed by atoms with Gasteiger partial charge >= 0.3 is 0 Å². The van der Waals surface area contributed by atoms with Crippen LogP contribution < -0.4 is 5.32 Å². The molecule has 4 fully saturated rings. The van der Waals surface area contributed by atoms with Gasteiger partial charge in [-0.1, -0.05) is 19.3 Å².